The summed E-state index contributed by atoms with van der Waals surface area (Å²) in [5.41, 5.74) is 0.150. The molecule has 24 heavy (non-hydrogen) atoms. The lowest BCUT2D eigenvalue weighted by Crippen LogP contribution is -2.49. The van der Waals surface area contributed by atoms with E-state index in [0.29, 0.717) is 11.5 Å². The van der Waals surface area contributed by atoms with E-state index in [1.807, 2.05) is 0 Å². The van der Waals surface area contributed by atoms with Crippen molar-refractivity contribution in [3.05, 3.63) is 23.8 Å². The number of sulfonamides is 1. The van der Waals surface area contributed by atoms with Gasteiger partial charge in [0.1, 0.15) is 0 Å². The fourth-order valence-corrected chi connectivity index (χ4v) is 3.58. The van der Waals surface area contributed by atoms with E-state index >= 15 is 0 Å². The summed E-state index contributed by atoms with van der Waals surface area (Å²) in [6, 6.07) is 5.31. The first kappa shape index (κ1) is 20.2. The quantitative estimate of drug-likeness (QED) is 0.796. The zero-order chi connectivity index (χ0) is 18.5. The normalized spacial score (nSPS) is 12.1. The van der Waals surface area contributed by atoms with Crippen molar-refractivity contribution in [1.29, 1.82) is 0 Å². The Hall–Kier alpha value is -1.80. The van der Waals surface area contributed by atoms with Crippen LogP contribution in [0.15, 0.2) is 18.2 Å². The zero-order valence-electron chi connectivity index (χ0n) is 15.0. The zero-order valence-corrected chi connectivity index (χ0v) is 15.9. The molecule has 0 unspecified atom stereocenters. The second kappa shape index (κ2) is 7.85. The molecule has 0 atom stereocenters. The number of nitrogens with one attached hydrogen (secondary N) is 1. The highest BCUT2D eigenvalue weighted by molar-refractivity contribution is 7.88. The smallest absolute Gasteiger partial charge is 0.235 e. The SMILES string of the molecule is COc1ccc(CNC(=O)CN(C(C)(C)C)S(C)(=O)=O)cc1OC. The Kier molecular flexibility index (Phi) is 6.62. The largest absolute Gasteiger partial charge is 0.493 e. The summed E-state index contributed by atoms with van der Waals surface area (Å²) < 4.78 is 35.3. The Morgan fingerprint density at radius 1 is 1.17 bits per heavy atom. The highest BCUT2D eigenvalue weighted by Gasteiger charge is 2.31. The van der Waals surface area contributed by atoms with Gasteiger partial charge in [0, 0.05) is 12.1 Å². The monoisotopic (exact) mass is 358 g/mol. The van der Waals surface area contributed by atoms with Crippen molar-refractivity contribution in [1.82, 2.24) is 9.62 Å². The number of nitrogens with zero attached hydrogens (tertiary/aromatic N) is 1. The van der Waals surface area contributed by atoms with Gasteiger partial charge in [0.05, 0.1) is 27.0 Å². The van der Waals surface area contributed by atoms with Crippen molar-refractivity contribution in [3.8, 4) is 11.5 Å². The van der Waals surface area contributed by atoms with E-state index in [2.05, 4.69) is 5.32 Å². The van der Waals surface area contributed by atoms with Gasteiger partial charge >= 0.3 is 0 Å². The molecule has 0 aliphatic rings. The summed E-state index contributed by atoms with van der Waals surface area (Å²) in [6.07, 6.45) is 1.10. The molecule has 0 saturated heterocycles. The lowest BCUT2D eigenvalue weighted by Gasteiger charge is -2.32. The van der Waals surface area contributed by atoms with Crippen LogP contribution >= 0.6 is 0 Å². The summed E-state index contributed by atoms with van der Waals surface area (Å²) in [5.74, 6) is 0.797. The molecule has 1 aromatic rings. The van der Waals surface area contributed by atoms with Crippen LogP contribution in [0, 0.1) is 0 Å². The van der Waals surface area contributed by atoms with Crippen LogP contribution in [0.3, 0.4) is 0 Å². The molecule has 7 nitrogen and oxygen atoms in total. The fraction of sp³-hybridized carbons (Fsp3) is 0.562. The highest BCUT2D eigenvalue weighted by atomic mass is 32.2. The molecule has 0 bridgehead atoms. The maximum Gasteiger partial charge on any atom is 0.235 e. The second-order valence-corrected chi connectivity index (χ2v) is 8.31. The first-order chi connectivity index (χ1) is 11.0. The molecule has 0 spiro atoms. The number of amides is 1. The second-order valence-electron chi connectivity index (χ2n) is 6.41. The molecule has 0 fully saturated rings. The summed E-state index contributed by atoms with van der Waals surface area (Å²) in [5, 5.41) is 2.72. The predicted molar refractivity (Wildman–Crippen MR) is 92.7 cm³/mol. The van der Waals surface area contributed by atoms with E-state index in [1.54, 1.807) is 46.1 Å². The summed E-state index contributed by atoms with van der Waals surface area (Å²) in [4.78, 5) is 12.1. The van der Waals surface area contributed by atoms with Crippen LogP contribution in [0.4, 0.5) is 0 Å². The molecule has 0 aromatic heterocycles. The first-order valence-corrected chi connectivity index (χ1v) is 9.29. The number of ether oxygens (including phenoxy) is 2. The van der Waals surface area contributed by atoms with E-state index in [1.165, 1.54) is 11.4 Å². The molecule has 0 aliphatic heterocycles. The number of hydrogen-bond acceptors (Lipinski definition) is 5. The van der Waals surface area contributed by atoms with Gasteiger partial charge in [-0.15, -0.1) is 0 Å². The Bertz CT molecular complexity index is 680. The van der Waals surface area contributed by atoms with E-state index in [-0.39, 0.29) is 19.0 Å². The van der Waals surface area contributed by atoms with Gasteiger partial charge in [-0.1, -0.05) is 6.07 Å². The molecule has 8 heteroatoms. The topological polar surface area (TPSA) is 84.9 Å². The minimum absolute atomic E-state index is 0.227. The van der Waals surface area contributed by atoms with E-state index in [0.717, 1.165) is 11.8 Å². The number of carbonyl (C=O) groups is 1. The predicted octanol–water partition coefficient (Wildman–Crippen LogP) is 1.38. The van der Waals surface area contributed by atoms with Crippen molar-refractivity contribution < 1.29 is 22.7 Å². The molecule has 0 saturated carbocycles. The standard InChI is InChI=1S/C16H26N2O5S/c1-16(2,3)18(24(6,20)21)11-15(19)17-10-12-7-8-13(22-4)14(9-12)23-5/h7-9H,10-11H2,1-6H3,(H,17,19). The summed E-state index contributed by atoms with van der Waals surface area (Å²) in [6.45, 7) is 5.28. The van der Waals surface area contributed by atoms with Gasteiger partial charge in [0.25, 0.3) is 0 Å². The lowest BCUT2D eigenvalue weighted by molar-refractivity contribution is -0.122. The van der Waals surface area contributed by atoms with Crippen LogP contribution < -0.4 is 14.8 Å². The van der Waals surface area contributed by atoms with E-state index in [9.17, 15) is 13.2 Å². The third-order valence-electron chi connectivity index (χ3n) is 3.37. The van der Waals surface area contributed by atoms with Crippen molar-refractivity contribution in [3.63, 3.8) is 0 Å². The molecule has 0 aliphatic carbocycles. The molecular weight excluding hydrogens is 332 g/mol. The number of carbonyl (C=O) groups excluding carboxylic acids is 1. The lowest BCUT2D eigenvalue weighted by atomic mass is 10.1. The molecule has 1 N–H and O–H groups in total. The van der Waals surface area contributed by atoms with Crippen LogP contribution in [0.25, 0.3) is 0 Å². The van der Waals surface area contributed by atoms with Crippen molar-refractivity contribution in [2.24, 2.45) is 0 Å². The fourth-order valence-electron chi connectivity index (χ4n) is 2.23. The van der Waals surface area contributed by atoms with Gasteiger partial charge in [0.15, 0.2) is 11.5 Å². The highest BCUT2D eigenvalue weighted by Crippen LogP contribution is 2.27. The van der Waals surface area contributed by atoms with Gasteiger partial charge < -0.3 is 14.8 Å². The van der Waals surface area contributed by atoms with Crippen LogP contribution in [0.2, 0.25) is 0 Å². The van der Waals surface area contributed by atoms with Gasteiger partial charge in [0.2, 0.25) is 15.9 Å². The van der Waals surface area contributed by atoms with E-state index < -0.39 is 15.6 Å². The van der Waals surface area contributed by atoms with Gasteiger partial charge in [-0.05, 0) is 38.5 Å². The average molecular weight is 358 g/mol. The maximum absolute atomic E-state index is 12.1. The van der Waals surface area contributed by atoms with Crippen LogP contribution in [-0.2, 0) is 21.4 Å². The van der Waals surface area contributed by atoms with Crippen LogP contribution in [0.5, 0.6) is 11.5 Å². The van der Waals surface area contributed by atoms with Crippen molar-refractivity contribution in [2.75, 3.05) is 27.0 Å². The Morgan fingerprint density at radius 3 is 2.21 bits per heavy atom. The van der Waals surface area contributed by atoms with Gasteiger partial charge in [-0.2, -0.15) is 4.31 Å². The number of rotatable bonds is 7. The van der Waals surface area contributed by atoms with Gasteiger partial charge in [-0.3, -0.25) is 4.79 Å². The molecule has 0 radical (unpaired) electrons. The molecule has 1 amide bonds. The Labute approximate surface area is 144 Å². The van der Waals surface area contributed by atoms with Crippen LogP contribution in [-0.4, -0.2) is 51.2 Å². The summed E-state index contributed by atoms with van der Waals surface area (Å²) >= 11 is 0. The Balaban J connectivity index is 2.76. The van der Waals surface area contributed by atoms with Gasteiger partial charge in [-0.25, -0.2) is 8.42 Å². The first-order valence-electron chi connectivity index (χ1n) is 7.44. The van der Waals surface area contributed by atoms with E-state index in [4.69, 9.17) is 9.47 Å². The minimum Gasteiger partial charge on any atom is -0.493 e. The molecule has 0 heterocycles. The number of benzene rings is 1. The minimum atomic E-state index is -3.48. The van der Waals surface area contributed by atoms with Crippen LogP contribution in [0.1, 0.15) is 26.3 Å². The molecule has 1 aromatic carbocycles. The summed E-state index contributed by atoms with van der Waals surface area (Å²) in [7, 11) is -0.402. The number of hydrogen-bond donors (Lipinski definition) is 1. The average Bonchev–Trinajstić information content (AvgIpc) is 2.47. The third kappa shape index (κ3) is 5.68. The van der Waals surface area contributed by atoms with Crippen molar-refractivity contribution >= 4 is 15.9 Å². The Morgan fingerprint density at radius 2 is 1.75 bits per heavy atom. The maximum atomic E-state index is 12.1. The molecule has 136 valence electrons. The number of methoxy groups -OCH3 is 2. The van der Waals surface area contributed by atoms with Crippen molar-refractivity contribution in [2.45, 2.75) is 32.9 Å². The third-order valence-corrected chi connectivity index (χ3v) is 4.85. The molecule has 1 rings (SSSR count). The molecular formula is C16H26N2O5S.